The van der Waals surface area contributed by atoms with Crippen molar-refractivity contribution >= 4 is 27.5 Å². The molecular formula is C17H28N2O2S2. The predicted molar refractivity (Wildman–Crippen MR) is 100 cm³/mol. The van der Waals surface area contributed by atoms with Gasteiger partial charge in [0.2, 0.25) is 5.91 Å². The first kappa shape index (κ1) is 20.4. The Morgan fingerprint density at radius 1 is 1.26 bits per heavy atom. The van der Waals surface area contributed by atoms with Gasteiger partial charge < -0.3 is 16.2 Å². The first-order valence-electron chi connectivity index (χ1n) is 7.93. The average Bonchev–Trinajstić information content (AvgIpc) is 2.52. The number of hydrogen-bond acceptors (Lipinski definition) is 5. The van der Waals surface area contributed by atoms with E-state index in [0.29, 0.717) is 19.5 Å². The second-order valence-corrected chi connectivity index (χ2v) is 8.75. The fourth-order valence-electron chi connectivity index (χ4n) is 2.04. The summed E-state index contributed by atoms with van der Waals surface area (Å²) in [7, 11) is 3.33. The van der Waals surface area contributed by atoms with Crippen LogP contribution in [-0.4, -0.2) is 29.9 Å². The summed E-state index contributed by atoms with van der Waals surface area (Å²) in [6, 6.07) is 7.81. The molecule has 0 fully saturated rings. The molecule has 0 bridgehead atoms. The lowest BCUT2D eigenvalue weighted by atomic mass is 9.86. The lowest BCUT2D eigenvalue weighted by molar-refractivity contribution is -0.120. The van der Waals surface area contributed by atoms with E-state index in [1.165, 1.54) is 0 Å². The van der Waals surface area contributed by atoms with Gasteiger partial charge in [-0.05, 0) is 42.5 Å². The molecule has 0 spiro atoms. The Labute approximate surface area is 147 Å². The van der Waals surface area contributed by atoms with Crippen LogP contribution in [0.25, 0.3) is 0 Å². The van der Waals surface area contributed by atoms with E-state index >= 15 is 0 Å². The molecule has 23 heavy (non-hydrogen) atoms. The SMILES string of the molecule is CC(C)(CCN)CCNC(=O)CCSSc1ccc(CO)cc1. The highest BCUT2D eigenvalue weighted by molar-refractivity contribution is 8.76. The molecule has 0 unspecified atom stereocenters. The van der Waals surface area contributed by atoms with Gasteiger partial charge in [-0.1, -0.05) is 47.6 Å². The van der Waals surface area contributed by atoms with Crippen LogP contribution < -0.4 is 11.1 Å². The van der Waals surface area contributed by atoms with Crippen molar-refractivity contribution in [3.63, 3.8) is 0 Å². The molecule has 0 radical (unpaired) electrons. The van der Waals surface area contributed by atoms with Gasteiger partial charge in [-0.25, -0.2) is 0 Å². The minimum atomic E-state index is 0.0698. The van der Waals surface area contributed by atoms with Crippen LogP contribution in [0.2, 0.25) is 0 Å². The fraction of sp³-hybridized carbons (Fsp3) is 0.588. The Bertz CT molecular complexity index is 464. The maximum atomic E-state index is 11.8. The largest absolute Gasteiger partial charge is 0.392 e. The van der Waals surface area contributed by atoms with Crippen molar-refractivity contribution in [1.82, 2.24) is 5.32 Å². The van der Waals surface area contributed by atoms with Crippen molar-refractivity contribution in [3.05, 3.63) is 29.8 Å². The van der Waals surface area contributed by atoms with Crippen LogP contribution in [0, 0.1) is 5.41 Å². The van der Waals surface area contributed by atoms with Gasteiger partial charge in [-0.15, -0.1) is 0 Å². The fourth-order valence-corrected chi connectivity index (χ4v) is 4.02. The number of benzene rings is 1. The Balaban J connectivity index is 2.11. The molecule has 0 saturated carbocycles. The van der Waals surface area contributed by atoms with Crippen LogP contribution in [0.15, 0.2) is 29.2 Å². The predicted octanol–water partition coefficient (Wildman–Crippen LogP) is 3.19. The molecule has 4 nitrogen and oxygen atoms in total. The topological polar surface area (TPSA) is 75.3 Å². The summed E-state index contributed by atoms with van der Waals surface area (Å²) in [5.41, 5.74) is 6.69. The van der Waals surface area contributed by atoms with Crippen molar-refractivity contribution in [1.29, 1.82) is 0 Å². The zero-order chi connectivity index (χ0) is 17.1. The summed E-state index contributed by atoms with van der Waals surface area (Å²) in [6.45, 7) is 5.84. The van der Waals surface area contributed by atoms with Crippen LogP contribution in [0.5, 0.6) is 0 Å². The standard InChI is InChI=1S/C17H28N2O2S2/c1-17(2,8-10-18)9-11-19-16(21)7-12-22-23-15-5-3-14(13-20)4-6-15/h3-6,20H,7-13,18H2,1-2H3,(H,19,21). The van der Waals surface area contributed by atoms with E-state index in [4.69, 9.17) is 10.8 Å². The second kappa shape index (κ2) is 11.0. The van der Waals surface area contributed by atoms with Gasteiger partial charge in [0.25, 0.3) is 0 Å². The van der Waals surface area contributed by atoms with Crippen LogP contribution in [0.3, 0.4) is 0 Å². The molecule has 0 aliphatic heterocycles. The summed E-state index contributed by atoms with van der Waals surface area (Å²) in [6.07, 6.45) is 2.46. The molecule has 0 aromatic heterocycles. The quantitative estimate of drug-likeness (QED) is 0.419. The van der Waals surface area contributed by atoms with Gasteiger partial charge in [-0.3, -0.25) is 4.79 Å². The smallest absolute Gasteiger partial charge is 0.220 e. The number of nitrogens with two attached hydrogens (primary N) is 1. The van der Waals surface area contributed by atoms with E-state index in [0.717, 1.165) is 29.1 Å². The molecule has 6 heteroatoms. The molecular weight excluding hydrogens is 328 g/mol. The summed E-state index contributed by atoms with van der Waals surface area (Å²) in [5.74, 6) is 0.891. The van der Waals surface area contributed by atoms with E-state index in [9.17, 15) is 4.79 Å². The number of aliphatic hydroxyl groups excluding tert-OH is 1. The van der Waals surface area contributed by atoms with E-state index in [2.05, 4.69) is 19.2 Å². The molecule has 0 aliphatic carbocycles. The Hall–Kier alpha value is -0.690. The van der Waals surface area contributed by atoms with Gasteiger partial charge in [0, 0.05) is 23.6 Å². The molecule has 1 aromatic carbocycles. The Morgan fingerprint density at radius 3 is 2.57 bits per heavy atom. The van der Waals surface area contributed by atoms with Crippen molar-refractivity contribution < 1.29 is 9.90 Å². The second-order valence-electron chi connectivity index (χ2n) is 6.26. The molecule has 4 N–H and O–H groups in total. The zero-order valence-corrected chi connectivity index (χ0v) is 15.6. The maximum Gasteiger partial charge on any atom is 0.220 e. The highest BCUT2D eigenvalue weighted by Crippen LogP contribution is 2.31. The number of amides is 1. The normalized spacial score (nSPS) is 11.5. The van der Waals surface area contributed by atoms with Crippen molar-refractivity contribution in [2.75, 3.05) is 18.8 Å². The van der Waals surface area contributed by atoms with E-state index < -0.39 is 0 Å². The minimum absolute atomic E-state index is 0.0698. The number of aliphatic hydroxyl groups is 1. The zero-order valence-electron chi connectivity index (χ0n) is 14.0. The third kappa shape index (κ3) is 9.25. The number of carbonyl (C=O) groups is 1. The van der Waals surface area contributed by atoms with Gasteiger partial charge in [-0.2, -0.15) is 0 Å². The third-order valence-electron chi connectivity index (χ3n) is 3.62. The molecule has 1 rings (SSSR count). The Morgan fingerprint density at radius 2 is 1.96 bits per heavy atom. The molecule has 0 heterocycles. The lowest BCUT2D eigenvalue weighted by Crippen LogP contribution is -2.29. The van der Waals surface area contributed by atoms with Crippen LogP contribution in [0.4, 0.5) is 0 Å². The highest BCUT2D eigenvalue weighted by Gasteiger charge is 2.16. The van der Waals surface area contributed by atoms with Gasteiger partial charge in [0.1, 0.15) is 0 Å². The number of carbonyl (C=O) groups excluding carboxylic acids is 1. The first-order valence-corrected chi connectivity index (χ1v) is 10.2. The highest BCUT2D eigenvalue weighted by atomic mass is 33.1. The minimum Gasteiger partial charge on any atom is -0.392 e. The summed E-state index contributed by atoms with van der Waals surface area (Å²) in [5, 5.41) is 12.0. The molecule has 1 aromatic rings. The van der Waals surface area contributed by atoms with Crippen LogP contribution in [0.1, 0.15) is 38.7 Å². The van der Waals surface area contributed by atoms with Gasteiger partial charge in [0.15, 0.2) is 0 Å². The number of rotatable bonds is 11. The molecule has 0 saturated heterocycles. The van der Waals surface area contributed by atoms with Crippen LogP contribution in [-0.2, 0) is 11.4 Å². The van der Waals surface area contributed by atoms with Crippen molar-refractivity contribution in [3.8, 4) is 0 Å². The van der Waals surface area contributed by atoms with E-state index in [1.807, 2.05) is 24.3 Å². The van der Waals surface area contributed by atoms with Crippen LogP contribution >= 0.6 is 21.6 Å². The van der Waals surface area contributed by atoms with E-state index in [-0.39, 0.29) is 17.9 Å². The lowest BCUT2D eigenvalue weighted by Gasteiger charge is -2.23. The summed E-state index contributed by atoms with van der Waals surface area (Å²) >= 11 is 0. The monoisotopic (exact) mass is 356 g/mol. The molecule has 1 amide bonds. The molecule has 0 aliphatic rings. The maximum absolute atomic E-state index is 11.8. The third-order valence-corrected chi connectivity index (χ3v) is 6.00. The number of hydrogen-bond donors (Lipinski definition) is 3. The average molecular weight is 357 g/mol. The molecule has 130 valence electrons. The van der Waals surface area contributed by atoms with Crippen molar-refractivity contribution in [2.24, 2.45) is 11.1 Å². The van der Waals surface area contributed by atoms with E-state index in [1.54, 1.807) is 21.6 Å². The first-order chi connectivity index (χ1) is 11.0. The summed E-state index contributed by atoms with van der Waals surface area (Å²) < 4.78 is 0. The van der Waals surface area contributed by atoms with Gasteiger partial charge in [0.05, 0.1) is 6.61 Å². The summed E-state index contributed by atoms with van der Waals surface area (Å²) in [4.78, 5) is 12.9. The molecule has 0 atom stereocenters. The Kier molecular flexibility index (Phi) is 9.71. The van der Waals surface area contributed by atoms with Gasteiger partial charge >= 0.3 is 0 Å². The van der Waals surface area contributed by atoms with Crippen molar-refractivity contribution in [2.45, 2.75) is 44.6 Å². The number of nitrogens with one attached hydrogen (secondary N) is 1.